The van der Waals surface area contributed by atoms with Crippen LogP contribution in [0.25, 0.3) is 22.5 Å². The van der Waals surface area contributed by atoms with Crippen molar-refractivity contribution >= 4 is 5.95 Å². The van der Waals surface area contributed by atoms with E-state index in [0.717, 1.165) is 51.1 Å². The molecule has 0 bridgehead atoms. The Labute approximate surface area is 279 Å². The second-order valence-corrected chi connectivity index (χ2v) is 11.8. The van der Waals surface area contributed by atoms with Gasteiger partial charge in [-0.3, -0.25) is 9.78 Å². The third-order valence-electron chi connectivity index (χ3n) is 8.78. The number of nitrogen functional groups attached to an aromatic ring is 1. The normalized spacial score (nSPS) is 11.4. The fourth-order valence-electron chi connectivity index (χ4n) is 6.61. The Morgan fingerprint density at radius 2 is 1.25 bits per heavy atom. The molecule has 0 spiro atoms. The maximum absolute atomic E-state index is 12.8. The summed E-state index contributed by atoms with van der Waals surface area (Å²) in [5.74, 6) is 0.784. The zero-order valence-electron chi connectivity index (χ0n) is 26.6. The van der Waals surface area contributed by atoms with Gasteiger partial charge in [-0.2, -0.15) is 0 Å². The number of nitrogens with zero attached hydrogens (tertiary/aromatic N) is 5. The monoisotopic (exact) mass is 629 g/mol. The van der Waals surface area contributed by atoms with E-state index in [4.69, 9.17) is 10.9 Å². The molecule has 0 saturated heterocycles. The molecule has 7 aromatic rings. The zero-order chi connectivity index (χ0) is 32.9. The van der Waals surface area contributed by atoms with Crippen molar-refractivity contribution in [2.24, 2.45) is 0 Å². The molecule has 2 aromatic heterocycles. The first-order chi connectivity index (χ1) is 23.6. The van der Waals surface area contributed by atoms with Gasteiger partial charge in [-0.25, -0.2) is 9.67 Å². The van der Waals surface area contributed by atoms with E-state index in [9.17, 15) is 4.79 Å². The van der Waals surface area contributed by atoms with Gasteiger partial charge in [-0.15, -0.1) is 5.10 Å². The SMILES string of the molecule is CCCc1nc(N)[nH]c(=O)c1Cc1ccc(-c2ccccc2-c2nnnn2C(c2ccccc2)(c2ccccc2)c2ccccc2)cc1. The lowest BCUT2D eigenvalue weighted by Crippen LogP contribution is -2.39. The number of H-pyrrole nitrogens is 1. The van der Waals surface area contributed by atoms with Crippen molar-refractivity contribution in [2.75, 3.05) is 5.73 Å². The molecule has 0 unspecified atom stereocenters. The van der Waals surface area contributed by atoms with E-state index in [1.54, 1.807) is 0 Å². The standard InChI is InChI=1S/C40H35N7O/c1-2-14-36-35(38(48)43-39(41)42-36)27-28-23-25-29(26-24-28)33-21-12-13-22-34(33)37-44-45-46-47(37)40(30-15-6-3-7-16-30,31-17-8-4-9-18-31)32-19-10-5-11-20-32/h3-13,15-26H,2,14,27H2,1H3,(H3,41,42,43,48). The summed E-state index contributed by atoms with van der Waals surface area (Å²) in [6, 6.07) is 47.6. The van der Waals surface area contributed by atoms with Crippen LogP contribution in [-0.2, 0) is 18.4 Å². The Morgan fingerprint density at radius 1 is 0.708 bits per heavy atom. The number of tetrazole rings is 1. The molecule has 8 heteroatoms. The van der Waals surface area contributed by atoms with Gasteiger partial charge in [0.05, 0.1) is 5.69 Å². The van der Waals surface area contributed by atoms with Gasteiger partial charge in [0.15, 0.2) is 5.82 Å². The van der Waals surface area contributed by atoms with E-state index in [2.05, 4.69) is 136 Å². The smallest absolute Gasteiger partial charge is 0.256 e. The third-order valence-corrected chi connectivity index (χ3v) is 8.78. The largest absolute Gasteiger partial charge is 0.369 e. The lowest BCUT2D eigenvalue weighted by molar-refractivity contribution is 0.451. The minimum absolute atomic E-state index is 0.150. The highest BCUT2D eigenvalue weighted by molar-refractivity contribution is 5.81. The van der Waals surface area contributed by atoms with Gasteiger partial charge in [-0.1, -0.05) is 153 Å². The van der Waals surface area contributed by atoms with Gasteiger partial charge < -0.3 is 5.73 Å². The van der Waals surface area contributed by atoms with Crippen molar-refractivity contribution in [1.82, 2.24) is 30.2 Å². The molecule has 48 heavy (non-hydrogen) atoms. The summed E-state index contributed by atoms with van der Waals surface area (Å²) in [6.45, 7) is 2.06. The lowest BCUT2D eigenvalue weighted by Gasteiger charge is -2.36. The Kier molecular flexibility index (Phi) is 8.45. The van der Waals surface area contributed by atoms with Gasteiger partial charge in [-0.05, 0) is 50.2 Å². The molecule has 0 amide bonds. The molecule has 7 rings (SSSR count). The second kappa shape index (κ2) is 13.3. The van der Waals surface area contributed by atoms with Crippen LogP contribution in [0.2, 0.25) is 0 Å². The Hall–Kier alpha value is -6.15. The Morgan fingerprint density at radius 3 is 1.81 bits per heavy atom. The Bertz CT molecular complexity index is 2100. The van der Waals surface area contributed by atoms with Crippen molar-refractivity contribution in [3.8, 4) is 22.5 Å². The first kappa shape index (κ1) is 30.5. The maximum Gasteiger partial charge on any atom is 0.256 e. The topological polar surface area (TPSA) is 115 Å². The van der Waals surface area contributed by atoms with Crippen LogP contribution in [0, 0.1) is 0 Å². The average Bonchev–Trinajstić information content (AvgIpc) is 3.62. The predicted octanol–water partition coefficient (Wildman–Crippen LogP) is 7.06. The summed E-state index contributed by atoms with van der Waals surface area (Å²) >= 11 is 0. The molecule has 0 aliphatic rings. The van der Waals surface area contributed by atoms with Gasteiger partial charge >= 0.3 is 0 Å². The second-order valence-electron chi connectivity index (χ2n) is 11.8. The molecule has 0 atom stereocenters. The molecule has 236 valence electrons. The van der Waals surface area contributed by atoms with Gasteiger partial charge in [0, 0.05) is 17.5 Å². The van der Waals surface area contributed by atoms with Crippen LogP contribution < -0.4 is 11.3 Å². The molecule has 0 aliphatic heterocycles. The van der Waals surface area contributed by atoms with Crippen molar-refractivity contribution < 1.29 is 0 Å². The Balaban J connectivity index is 1.35. The average molecular weight is 630 g/mol. The van der Waals surface area contributed by atoms with Crippen molar-refractivity contribution in [2.45, 2.75) is 31.7 Å². The zero-order valence-corrected chi connectivity index (χ0v) is 26.6. The summed E-state index contributed by atoms with van der Waals surface area (Å²) in [6.07, 6.45) is 2.03. The molecular weight excluding hydrogens is 594 g/mol. The predicted molar refractivity (Wildman–Crippen MR) is 189 cm³/mol. The van der Waals surface area contributed by atoms with Crippen LogP contribution in [0.4, 0.5) is 5.95 Å². The van der Waals surface area contributed by atoms with Gasteiger partial charge in [0.25, 0.3) is 5.56 Å². The summed E-state index contributed by atoms with van der Waals surface area (Å²) in [5, 5.41) is 13.7. The number of hydrogen-bond acceptors (Lipinski definition) is 6. The number of benzene rings is 5. The molecule has 0 aliphatic carbocycles. The van der Waals surface area contributed by atoms with E-state index >= 15 is 0 Å². The maximum atomic E-state index is 12.8. The van der Waals surface area contributed by atoms with E-state index in [0.29, 0.717) is 24.2 Å². The number of nitrogens with one attached hydrogen (secondary N) is 1. The number of nitrogens with two attached hydrogens (primary N) is 1. The lowest BCUT2D eigenvalue weighted by atomic mass is 9.77. The van der Waals surface area contributed by atoms with E-state index in [1.165, 1.54) is 0 Å². The number of aryl methyl sites for hydroxylation is 1. The molecule has 2 heterocycles. The minimum atomic E-state index is -0.865. The van der Waals surface area contributed by atoms with Crippen molar-refractivity contribution in [1.29, 1.82) is 0 Å². The van der Waals surface area contributed by atoms with E-state index in [-0.39, 0.29) is 11.5 Å². The van der Waals surface area contributed by atoms with Crippen molar-refractivity contribution in [3.63, 3.8) is 0 Å². The number of rotatable bonds is 10. The number of hydrogen-bond donors (Lipinski definition) is 2. The molecule has 8 nitrogen and oxygen atoms in total. The number of anilines is 1. The summed E-state index contributed by atoms with van der Waals surface area (Å²) in [4.78, 5) is 19.9. The molecule has 3 N–H and O–H groups in total. The van der Waals surface area contributed by atoms with E-state index in [1.807, 2.05) is 35.0 Å². The summed E-state index contributed by atoms with van der Waals surface area (Å²) < 4.78 is 1.95. The highest BCUT2D eigenvalue weighted by Crippen LogP contribution is 2.43. The molecule has 0 fully saturated rings. The minimum Gasteiger partial charge on any atom is -0.369 e. The van der Waals surface area contributed by atoms with Crippen LogP contribution in [0.3, 0.4) is 0 Å². The van der Waals surface area contributed by atoms with Gasteiger partial charge in [0.1, 0.15) is 5.54 Å². The quantitative estimate of drug-likeness (QED) is 0.157. The highest BCUT2D eigenvalue weighted by Gasteiger charge is 2.42. The summed E-state index contributed by atoms with van der Waals surface area (Å²) in [7, 11) is 0. The highest BCUT2D eigenvalue weighted by atomic mass is 16.1. The molecule has 0 radical (unpaired) electrons. The fraction of sp³-hybridized carbons (Fsp3) is 0.125. The third kappa shape index (κ3) is 5.58. The number of aromatic nitrogens is 6. The van der Waals surface area contributed by atoms with Crippen molar-refractivity contribution in [3.05, 3.63) is 183 Å². The fourth-order valence-corrected chi connectivity index (χ4v) is 6.61. The summed E-state index contributed by atoms with van der Waals surface area (Å²) in [5.41, 5.74) is 13.2. The van der Waals surface area contributed by atoms with E-state index < -0.39 is 5.54 Å². The number of aromatic amines is 1. The van der Waals surface area contributed by atoms with Crippen LogP contribution in [-0.4, -0.2) is 30.2 Å². The van der Waals surface area contributed by atoms with Crippen LogP contribution in [0.1, 0.15) is 46.9 Å². The molecule has 0 saturated carbocycles. The van der Waals surface area contributed by atoms with Crippen LogP contribution >= 0.6 is 0 Å². The molecular formula is C40H35N7O. The molecule has 5 aromatic carbocycles. The first-order valence-electron chi connectivity index (χ1n) is 16.1. The van der Waals surface area contributed by atoms with Crippen LogP contribution in [0.15, 0.2) is 144 Å². The van der Waals surface area contributed by atoms with Gasteiger partial charge in [0.2, 0.25) is 5.95 Å². The first-order valence-corrected chi connectivity index (χ1v) is 16.1. The van der Waals surface area contributed by atoms with Crippen LogP contribution in [0.5, 0.6) is 0 Å².